The molecule has 4 heteroatoms. The quantitative estimate of drug-likeness (QED) is 0.750. The van der Waals surface area contributed by atoms with E-state index in [1.807, 2.05) is 30.3 Å². The minimum absolute atomic E-state index is 0.0917. The van der Waals surface area contributed by atoms with Crippen LogP contribution in [-0.4, -0.2) is 15.0 Å². The summed E-state index contributed by atoms with van der Waals surface area (Å²) in [4.78, 5) is 11.3. The highest BCUT2D eigenvalue weighted by molar-refractivity contribution is 5.40. The van der Waals surface area contributed by atoms with Crippen LogP contribution in [0.5, 0.6) is 0 Å². The molecular formula is C15H14N4. The molecule has 1 atom stereocenters. The molecule has 0 aliphatic heterocycles. The van der Waals surface area contributed by atoms with Crippen LogP contribution in [-0.2, 0) is 0 Å². The fourth-order valence-corrected chi connectivity index (χ4v) is 2.25. The van der Waals surface area contributed by atoms with Gasteiger partial charge in [-0.05, 0) is 23.3 Å². The molecule has 3 aromatic rings. The minimum Gasteiger partial charge on any atom is -0.369 e. The molecule has 1 aromatic carbocycles. The molecule has 2 aromatic heterocycles. The Morgan fingerprint density at radius 2 is 1.63 bits per heavy atom. The number of benzene rings is 1. The molecule has 0 radical (unpaired) electrons. The maximum Gasteiger partial charge on any atom is 0.197 e. The number of anilines is 1. The zero-order valence-electron chi connectivity index (χ0n) is 10.3. The van der Waals surface area contributed by atoms with Gasteiger partial charge in [-0.25, -0.2) is 4.98 Å². The lowest BCUT2D eigenvalue weighted by Gasteiger charge is -2.16. The van der Waals surface area contributed by atoms with Gasteiger partial charge in [0, 0.05) is 18.1 Å². The number of hydrogen-bond acceptors (Lipinski definition) is 3. The van der Waals surface area contributed by atoms with Gasteiger partial charge in [0.05, 0.1) is 12.1 Å². The molecule has 0 fully saturated rings. The molecule has 2 heterocycles. The monoisotopic (exact) mass is 250 g/mol. The molecule has 3 N–H and O–H groups in total. The third-order valence-electron chi connectivity index (χ3n) is 3.10. The molecule has 4 nitrogen and oxygen atoms in total. The maximum atomic E-state index is 5.69. The van der Waals surface area contributed by atoms with Gasteiger partial charge in [0.1, 0.15) is 0 Å². The second kappa shape index (κ2) is 4.94. The molecule has 3 rings (SSSR count). The Labute approximate surface area is 111 Å². The van der Waals surface area contributed by atoms with Crippen LogP contribution in [0.3, 0.4) is 0 Å². The summed E-state index contributed by atoms with van der Waals surface area (Å²) in [6.45, 7) is 0. The van der Waals surface area contributed by atoms with Crippen LogP contribution in [0.2, 0.25) is 0 Å². The van der Waals surface area contributed by atoms with Crippen molar-refractivity contribution in [3.8, 4) is 0 Å². The Morgan fingerprint density at radius 1 is 0.947 bits per heavy atom. The predicted molar refractivity (Wildman–Crippen MR) is 74.6 cm³/mol. The Hall–Kier alpha value is -2.62. The van der Waals surface area contributed by atoms with E-state index in [4.69, 9.17) is 5.73 Å². The number of nitrogen functional groups attached to an aromatic ring is 1. The minimum atomic E-state index is 0.0917. The molecule has 0 saturated carbocycles. The average Bonchev–Trinajstić information content (AvgIpc) is 2.88. The molecule has 0 spiro atoms. The van der Waals surface area contributed by atoms with Crippen molar-refractivity contribution >= 4 is 5.95 Å². The SMILES string of the molecule is Nc1ncc(C(c2ccccc2)c2ccncc2)[nH]1. The van der Waals surface area contributed by atoms with Crippen LogP contribution in [0.25, 0.3) is 0 Å². The fourth-order valence-electron chi connectivity index (χ4n) is 2.25. The van der Waals surface area contributed by atoms with Gasteiger partial charge < -0.3 is 10.7 Å². The summed E-state index contributed by atoms with van der Waals surface area (Å²) >= 11 is 0. The number of pyridine rings is 1. The summed E-state index contributed by atoms with van der Waals surface area (Å²) in [7, 11) is 0. The topological polar surface area (TPSA) is 67.6 Å². The molecule has 0 aliphatic carbocycles. The second-order valence-electron chi connectivity index (χ2n) is 4.35. The van der Waals surface area contributed by atoms with Crippen molar-refractivity contribution in [3.63, 3.8) is 0 Å². The number of aromatic amines is 1. The Bertz CT molecular complexity index is 607. The summed E-state index contributed by atoms with van der Waals surface area (Å²) in [5, 5.41) is 0. The first-order chi connectivity index (χ1) is 9.34. The normalized spacial score (nSPS) is 12.2. The molecule has 1 unspecified atom stereocenters. The van der Waals surface area contributed by atoms with Crippen molar-refractivity contribution < 1.29 is 0 Å². The van der Waals surface area contributed by atoms with Crippen LogP contribution in [0.4, 0.5) is 5.95 Å². The van der Waals surface area contributed by atoms with Crippen molar-refractivity contribution in [2.45, 2.75) is 5.92 Å². The Balaban J connectivity index is 2.11. The fraction of sp³-hybridized carbons (Fsp3) is 0.0667. The third kappa shape index (κ3) is 2.33. The van der Waals surface area contributed by atoms with E-state index in [0.29, 0.717) is 5.95 Å². The van der Waals surface area contributed by atoms with E-state index in [9.17, 15) is 0 Å². The van der Waals surface area contributed by atoms with E-state index in [2.05, 4.69) is 27.1 Å². The van der Waals surface area contributed by atoms with Gasteiger partial charge in [0.25, 0.3) is 0 Å². The summed E-state index contributed by atoms with van der Waals surface area (Å²) in [6.07, 6.45) is 5.38. The zero-order chi connectivity index (χ0) is 13.1. The standard InChI is InChI=1S/C15H14N4/c16-15-18-10-13(19-15)14(11-4-2-1-3-5-11)12-6-8-17-9-7-12/h1-10,14H,(H3,16,18,19). The number of hydrogen-bond donors (Lipinski definition) is 2. The van der Waals surface area contributed by atoms with Gasteiger partial charge in [-0.15, -0.1) is 0 Å². The number of nitrogens with two attached hydrogens (primary N) is 1. The van der Waals surface area contributed by atoms with E-state index in [1.54, 1.807) is 18.6 Å². The highest BCUT2D eigenvalue weighted by Crippen LogP contribution is 2.30. The van der Waals surface area contributed by atoms with Gasteiger partial charge in [-0.3, -0.25) is 4.98 Å². The summed E-state index contributed by atoms with van der Waals surface area (Å²) in [5.41, 5.74) is 9.02. The zero-order valence-corrected chi connectivity index (χ0v) is 10.3. The summed E-state index contributed by atoms with van der Waals surface area (Å²) in [5.74, 6) is 0.527. The smallest absolute Gasteiger partial charge is 0.197 e. The molecule has 94 valence electrons. The van der Waals surface area contributed by atoms with Crippen molar-refractivity contribution in [1.29, 1.82) is 0 Å². The molecule has 19 heavy (non-hydrogen) atoms. The molecule has 0 aliphatic rings. The van der Waals surface area contributed by atoms with Crippen molar-refractivity contribution in [3.05, 3.63) is 77.9 Å². The number of H-pyrrole nitrogens is 1. The van der Waals surface area contributed by atoms with Gasteiger partial charge in [-0.2, -0.15) is 0 Å². The van der Waals surface area contributed by atoms with Gasteiger partial charge in [0.2, 0.25) is 0 Å². The van der Waals surface area contributed by atoms with Gasteiger partial charge in [0.15, 0.2) is 5.95 Å². The number of nitrogens with one attached hydrogen (secondary N) is 1. The number of nitrogens with zero attached hydrogens (tertiary/aromatic N) is 2. The van der Waals surface area contributed by atoms with Crippen LogP contribution in [0.15, 0.2) is 61.1 Å². The van der Waals surface area contributed by atoms with Crippen molar-refractivity contribution in [2.75, 3.05) is 5.73 Å². The third-order valence-corrected chi connectivity index (χ3v) is 3.10. The number of imidazole rings is 1. The summed E-state index contributed by atoms with van der Waals surface area (Å²) < 4.78 is 0. The Kier molecular flexibility index (Phi) is 2.98. The molecule has 0 saturated heterocycles. The lowest BCUT2D eigenvalue weighted by atomic mass is 9.89. The largest absolute Gasteiger partial charge is 0.369 e. The number of aromatic nitrogens is 3. The van der Waals surface area contributed by atoms with Crippen molar-refractivity contribution in [1.82, 2.24) is 15.0 Å². The van der Waals surface area contributed by atoms with Crippen LogP contribution in [0.1, 0.15) is 22.7 Å². The molecule has 0 bridgehead atoms. The van der Waals surface area contributed by atoms with Crippen LogP contribution >= 0.6 is 0 Å². The van der Waals surface area contributed by atoms with Crippen LogP contribution < -0.4 is 5.73 Å². The highest BCUT2D eigenvalue weighted by Gasteiger charge is 2.18. The van der Waals surface area contributed by atoms with E-state index in [-0.39, 0.29) is 5.92 Å². The lowest BCUT2D eigenvalue weighted by Crippen LogP contribution is -2.04. The van der Waals surface area contributed by atoms with E-state index < -0.39 is 0 Å². The highest BCUT2D eigenvalue weighted by atomic mass is 15.0. The molecular weight excluding hydrogens is 236 g/mol. The van der Waals surface area contributed by atoms with E-state index in [1.165, 1.54) is 5.56 Å². The number of rotatable bonds is 3. The second-order valence-corrected chi connectivity index (χ2v) is 4.35. The van der Waals surface area contributed by atoms with Crippen molar-refractivity contribution in [2.24, 2.45) is 0 Å². The Morgan fingerprint density at radius 3 is 2.26 bits per heavy atom. The average molecular weight is 250 g/mol. The first-order valence-electron chi connectivity index (χ1n) is 6.10. The van der Waals surface area contributed by atoms with E-state index in [0.717, 1.165) is 11.3 Å². The molecule has 0 amide bonds. The van der Waals surface area contributed by atoms with E-state index >= 15 is 0 Å². The van der Waals surface area contributed by atoms with Crippen LogP contribution in [0, 0.1) is 0 Å². The van der Waals surface area contributed by atoms with Gasteiger partial charge in [-0.1, -0.05) is 30.3 Å². The lowest BCUT2D eigenvalue weighted by molar-refractivity contribution is 0.930. The first kappa shape index (κ1) is 11.5. The predicted octanol–water partition coefficient (Wildman–Crippen LogP) is 2.57. The first-order valence-corrected chi connectivity index (χ1v) is 6.10. The maximum absolute atomic E-state index is 5.69. The summed E-state index contributed by atoms with van der Waals surface area (Å²) in [6, 6.07) is 14.3. The van der Waals surface area contributed by atoms with Gasteiger partial charge >= 0.3 is 0 Å².